The molecule has 2 aromatic carbocycles. The number of benzene rings is 2. The van der Waals surface area contributed by atoms with Crippen LogP contribution in [-0.2, 0) is 0 Å². The minimum atomic E-state index is 0.135. The van der Waals surface area contributed by atoms with Gasteiger partial charge in [0.25, 0.3) is 0 Å². The first-order chi connectivity index (χ1) is 12.4. The summed E-state index contributed by atoms with van der Waals surface area (Å²) in [5, 5.41) is 0. The highest BCUT2D eigenvalue weighted by Crippen LogP contribution is 2.44. The Bertz CT molecular complexity index is 810. The maximum Gasteiger partial charge on any atom is 0.129 e. The summed E-state index contributed by atoms with van der Waals surface area (Å²) in [4.78, 5) is 6.96. The molecule has 1 heterocycles. The lowest BCUT2D eigenvalue weighted by Crippen LogP contribution is -2.45. The van der Waals surface area contributed by atoms with Crippen LogP contribution in [0, 0.1) is 0 Å². The average Bonchev–Trinajstić information content (AvgIpc) is 2.64. The number of hydrogen-bond acceptors (Lipinski definition) is 4. The highest BCUT2D eigenvalue weighted by atomic mass is 16.5. The highest BCUT2D eigenvalue weighted by molar-refractivity contribution is 5.87. The third-order valence-electron chi connectivity index (χ3n) is 5.41. The molecule has 0 saturated carbocycles. The van der Waals surface area contributed by atoms with Crippen LogP contribution in [0.3, 0.4) is 0 Å². The van der Waals surface area contributed by atoms with Gasteiger partial charge in [-0.25, -0.2) is 0 Å². The van der Waals surface area contributed by atoms with Crippen molar-refractivity contribution >= 4 is 17.6 Å². The number of hydrogen-bond donors (Lipinski definition) is 0. The Labute approximate surface area is 156 Å². The van der Waals surface area contributed by atoms with E-state index in [4.69, 9.17) is 9.47 Å². The van der Waals surface area contributed by atoms with E-state index in [1.54, 1.807) is 14.2 Å². The number of fused-ring (bicyclic) bond motifs is 1. The fourth-order valence-corrected chi connectivity index (χ4v) is 3.70. The number of nitrogens with zero attached hydrogens (tertiary/aromatic N) is 2. The van der Waals surface area contributed by atoms with Crippen LogP contribution < -0.4 is 14.4 Å². The molecule has 0 spiro atoms. The molecule has 0 fully saturated rings. The van der Waals surface area contributed by atoms with Gasteiger partial charge in [-0.15, -0.1) is 0 Å². The second-order valence-electron chi connectivity index (χ2n) is 7.59. The zero-order chi connectivity index (χ0) is 18.9. The van der Waals surface area contributed by atoms with Gasteiger partial charge in [0.2, 0.25) is 0 Å². The zero-order valence-corrected chi connectivity index (χ0v) is 16.5. The van der Waals surface area contributed by atoms with Crippen molar-refractivity contribution in [2.45, 2.75) is 38.6 Å². The lowest BCUT2D eigenvalue weighted by molar-refractivity contribution is 0.389. The number of aliphatic imine (C=N–C) groups is 1. The summed E-state index contributed by atoms with van der Waals surface area (Å²) in [6.07, 6.45) is 3.01. The molecule has 4 nitrogen and oxygen atoms in total. The molecule has 4 heteroatoms. The Kier molecular flexibility index (Phi) is 4.94. The fraction of sp³-hybridized carbons (Fsp3) is 0.409. The van der Waals surface area contributed by atoms with Gasteiger partial charge in [0, 0.05) is 36.1 Å². The minimum Gasteiger partial charge on any atom is -0.497 e. The quantitative estimate of drug-likeness (QED) is 0.711. The van der Waals surface area contributed by atoms with Crippen molar-refractivity contribution in [1.82, 2.24) is 0 Å². The molecule has 1 aliphatic heterocycles. The first-order valence-electron chi connectivity index (χ1n) is 8.99. The highest BCUT2D eigenvalue weighted by Gasteiger charge is 2.34. The van der Waals surface area contributed by atoms with E-state index >= 15 is 0 Å². The van der Waals surface area contributed by atoms with Crippen LogP contribution in [0.1, 0.15) is 44.2 Å². The molecule has 0 aromatic heterocycles. The Morgan fingerprint density at radius 2 is 1.81 bits per heavy atom. The lowest BCUT2D eigenvalue weighted by atomic mass is 9.80. The molecule has 1 aliphatic rings. The summed E-state index contributed by atoms with van der Waals surface area (Å²) >= 11 is 0. The maximum absolute atomic E-state index is 5.65. The number of anilines is 1. The fourth-order valence-electron chi connectivity index (χ4n) is 3.70. The third-order valence-corrected chi connectivity index (χ3v) is 5.41. The zero-order valence-electron chi connectivity index (χ0n) is 16.5. The van der Waals surface area contributed by atoms with Gasteiger partial charge in [-0.05, 0) is 62.1 Å². The van der Waals surface area contributed by atoms with Crippen molar-refractivity contribution in [2.24, 2.45) is 4.99 Å². The van der Waals surface area contributed by atoms with Crippen molar-refractivity contribution in [2.75, 3.05) is 26.2 Å². The molecule has 2 aromatic rings. The van der Waals surface area contributed by atoms with Crippen molar-refractivity contribution in [1.29, 1.82) is 0 Å². The van der Waals surface area contributed by atoms with Gasteiger partial charge < -0.3 is 14.4 Å². The Hall–Kier alpha value is -2.49. The molecular formula is C22H28N2O2. The number of rotatable bonds is 4. The van der Waals surface area contributed by atoms with E-state index in [9.17, 15) is 0 Å². The van der Waals surface area contributed by atoms with E-state index in [1.165, 1.54) is 11.3 Å². The molecule has 1 atom stereocenters. The monoisotopic (exact) mass is 352 g/mol. The molecular weight excluding hydrogens is 324 g/mol. The van der Waals surface area contributed by atoms with Crippen molar-refractivity contribution in [3.63, 3.8) is 0 Å². The molecule has 138 valence electrons. The summed E-state index contributed by atoms with van der Waals surface area (Å²) in [5.41, 5.74) is 4.62. The summed E-state index contributed by atoms with van der Waals surface area (Å²) in [7, 11) is 5.54. The molecule has 26 heavy (non-hydrogen) atoms. The predicted octanol–water partition coefficient (Wildman–Crippen LogP) is 5.18. The van der Waals surface area contributed by atoms with E-state index < -0.39 is 0 Å². The van der Waals surface area contributed by atoms with Gasteiger partial charge in [-0.2, -0.15) is 0 Å². The lowest BCUT2D eigenvalue weighted by Gasteiger charge is -2.45. The van der Waals surface area contributed by atoms with Gasteiger partial charge in [0.05, 0.1) is 19.9 Å². The van der Waals surface area contributed by atoms with E-state index in [1.807, 2.05) is 30.5 Å². The van der Waals surface area contributed by atoms with E-state index in [0.29, 0.717) is 5.92 Å². The standard InChI is InChI=1S/C22H28N2O2/c1-15-13-22(2,3)24(4)20-12-21(26-6)16(11-19(15)20)14-23-17-7-9-18(25-5)10-8-17/h7-12,14-15H,13H2,1-6H3. The summed E-state index contributed by atoms with van der Waals surface area (Å²) in [5.74, 6) is 2.17. The van der Waals surface area contributed by atoms with Gasteiger partial charge in [0.15, 0.2) is 0 Å². The minimum absolute atomic E-state index is 0.135. The van der Waals surface area contributed by atoms with Crippen LogP contribution >= 0.6 is 0 Å². The SMILES string of the molecule is COc1ccc(N=Cc2cc3c(cc2OC)N(C)C(C)(C)CC3C)cc1. The van der Waals surface area contributed by atoms with E-state index in [2.05, 4.69) is 49.8 Å². The molecule has 1 unspecified atom stereocenters. The topological polar surface area (TPSA) is 34.1 Å². The molecule has 0 radical (unpaired) electrons. The Balaban J connectivity index is 1.97. The predicted molar refractivity (Wildman–Crippen MR) is 109 cm³/mol. The third kappa shape index (κ3) is 3.41. The summed E-state index contributed by atoms with van der Waals surface area (Å²) < 4.78 is 10.8. The molecule has 3 rings (SSSR count). The second kappa shape index (κ2) is 7.02. The normalized spacial score (nSPS) is 18.7. The van der Waals surface area contributed by atoms with Crippen molar-refractivity contribution < 1.29 is 9.47 Å². The largest absolute Gasteiger partial charge is 0.497 e. The first-order valence-corrected chi connectivity index (χ1v) is 8.99. The van der Waals surface area contributed by atoms with Crippen LogP contribution in [0.2, 0.25) is 0 Å². The summed E-state index contributed by atoms with van der Waals surface area (Å²) in [6.45, 7) is 6.88. The van der Waals surface area contributed by atoms with E-state index in [0.717, 1.165) is 29.2 Å². The maximum atomic E-state index is 5.65. The van der Waals surface area contributed by atoms with E-state index in [-0.39, 0.29) is 5.54 Å². The Morgan fingerprint density at radius 1 is 1.12 bits per heavy atom. The first kappa shape index (κ1) is 18.3. The van der Waals surface area contributed by atoms with Crippen LogP contribution in [0.25, 0.3) is 0 Å². The average molecular weight is 352 g/mol. The van der Waals surface area contributed by atoms with Gasteiger partial charge in [0.1, 0.15) is 11.5 Å². The second-order valence-corrected chi connectivity index (χ2v) is 7.59. The van der Waals surface area contributed by atoms with Gasteiger partial charge in [-0.1, -0.05) is 6.92 Å². The van der Waals surface area contributed by atoms with Crippen molar-refractivity contribution in [3.05, 3.63) is 47.5 Å². The smallest absolute Gasteiger partial charge is 0.129 e. The molecule has 0 bridgehead atoms. The van der Waals surface area contributed by atoms with Crippen LogP contribution in [0.5, 0.6) is 11.5 Å². The van der Waals surface area contributed by atoms with Crippen LogP contribution in [0.4, 0.5) is 11.4 Å². The van der Waals surface area contributed by atoms with Crippen molar-refractivity contribution in [3.8, 4) is 11.5 Å². The Morgan fingerprint density at radius 3 is 2.42 bits per heavy atom. The molecule has 0 amide bonds. The molecule has 0 aliphatic carbocycles. The summed E-state index contributed by atoms with van der Waals surface area (Å²) in [6, 6.07) is 12.1. The number of methoxy groups -OCH3 is 2. The molecule has 0 saturated heterocycles. The molecule has 0 N–H and O–H groups in total. The van der Waals surface area contributed by atoms with Crippen LogP contribution in [-0.4, -0.2) is 33.0 Å². The van der Waals surface area contributed by atoms with Gasteiger partial charge in [-0.3, -0.25) is 4.99 Å². The number of ether oxygens (including phenoxy) is 2. The van der Waals surface area contributed by atoms with Gasteiger partial charge >= 0.3 is 0 Å². The van der Waals surface area contributed by atoms with Crippen LogP contribution in [0.15, 0.2) is 41.4 Å².